The number of nitrogens with one attached hydrogen (secondary N) is 3. The highest BCUT2D eigenvalue weighted by Gasteiger charge is 2.34. The smallest absolute Gasteiger partial charge is 0.280 e. The van der Waals surface area contributed by atoms with Crippen molar-refractivity contribution in [2.45, 2.75) is 44.3 Å². The summed E-state index contributed by atoms with van der Waals surface area (Å²) in [6, 6.07) is 5.16. The second kappa shape index (κ2) is 9.27. The summed E-state index contributed by atoms with van der Waals surface area (Å²) in [5.41, 5.74) is 1.96. The number of H-pyrrole nitrogens is 1. The van der Waals surface area contributed by atoms with Gasteiger partial charge >= 0.3 is 0 Å². The average Bonchev–Trinajstić information content (AvgIpc) is 3.43. The SMILES string of the molecule is CN1CCc2nc(C(=O)N[C@@H]3C[C@H](C=O)CC[C@@H]3NC(=O)c3cc4cc(F)ccc4[nH]3)sc2C1. The van der Waals surface area contributed by atoms with Crippen LogP contribution in [0.1, 0.15) is 50.1 Å². The number of aromatic amines is 1. The van der Waals surface area contributed by atoms with Gasteiger partial charge in [-0.3, -0.25) is 9.59 Å². The summed E-state index contributed by atoms with van der Waals surface area (Å²) in [6.07, 6.45) is 3.39. The second-order valence-corrected chi connectivity index (χ2v) is 10.2. The zero-order valence-corrected chi connectivity index (χ0v) is 19.6. The Morgan fingerprint density at radius 2 is 2.03 bits per heavy atom. The predicted molar refractivity (Wildman–Crippen MR) is 126 cm³/mol. The second-order valence-electron chi connectivity index (χ2n) is 9.16. The van der Waals surface area contributed by atoms with Crippen LogP contribution in [0.2, 0.25) is 0 Å². The van der Waals surface area contributed by atoms with Crippen molar-refractivity contribution in [3.05, 3.63) is 51.4 Å². The van der Waals surface area contributed by atoms with Crippen molar-refractivity contribution in [1.82, 2.24) is 25.5 Å². The van der Waals surface area contributed by atoms with Gasteiger partial charge in [-0.15, -0.1) is 11.3 Å². The molecule has 0 bridgehead atoms. The number of rotatable bonds is 5. The predicted octanol–water partition coefficient (Wildman–Crippen LogP) is 2.65. The van der Waals surface area contributed by atoms with Gasteiger partial charge in [-0.2, -0.15) is 0 Å². The molecule has 1 aromatic carbocycles. The highest BCUT2D eigenvalue weighted by atomic mass is 32.1. The van der Waals surface area contributed by atoms with Gasteiger partial charge in [0.1, 0.15) is 17.8 Å². The number of halogens is 1. The van der Waals surface area contributed by atoms with E-state index in [4.69, 9.17) is 0 Å². The number of carbonyl (C=O) groups is 3. The molecule has 3 aromatic rings. The molecule has 1 aliphatic carbocycles. The molecule has 34 heavy (non-hydrogen) atoms. The van der Waals surface area contributed by atoms with E-state index in [9.17, 15) is 18.8 Å². The topological polar surface area (TPSA) is 107 Å². The average molecular weight is 484 g/mol. The monoisotopic (exact) mass is 483 g/mol. The lowest BCUT2D eigenvalue weighted by Crippen LogP contribution is -2.54. The maximum Gasteiger partial charge on any atom is 0.280 e. The number of aldehydes is 1. The van der Waals surface area contributed by atoms with Crippen molar-refractivity contribution in [3.63, 3.8) is 0 Å². The molecule has 0 saturated heterocycles. The van der Waals surface area contributed by atoms with Crippen LogP contribution in [0.15, 0.2) is 24.3 Å². The fraction of sp³-hybridized carbons (Fsp3) is 0.417. The van der Waals surface area contributed by atoms with Gasteiger partial charge in [0, 0.05) is 47.3 Å². The molecule has 10 heteroatoms. The number of likely N-dealkylation sites (N-methyl/N-ethyl adjacent to an activating group) is 1. The molecule has 3 N–H and O–H groups in total. The third kappa shape index (κ3) is 4.60. The van der Waals surface area contributed by atoms with Crippen molar-refractivity contribution >= 4 is 40.3 Å². The number of nitrogens with zero attached hydrogens (tertiary/aromatic N) is 2. The van der Waals surface area contributed by atoms with E-state index in [0.29, 0.717) is 40.9 Å². The minimum Gasteiger partial charge on any atom is -0.351 e. The zero-order valence-electron chi connectivity index (χ0n) is 18.8. The van der Waals surface area contributed by atoms with Crippen LogP contribution in [0.4, 0.5) is 4.39 Å². The molecule has 1 fully saturated rings. The number of fused-ring (bicyclic) bond motifs is 2. The van der Waals surface area contributed by atoms with Gasteiger partial charge in [-0.05, 0) is 50.6 Å². The molecule has 3 atom stereocenters. The van der Waals surface area contributed by atoms with Gasteiger partial charge in [0.15, 0.2) is 5.01 Å². The zero-order chi connectivity index (χ0) is 23.8. The molecule has 0 radical (unpaired) electrons. The Morgan fingerprint density at radius 1 is 1.21 bits per heavy atom. The Balaban J connectivity index is 1.31. The Hall–Kier alpha value is -3.11. The maximum absolute atomic E-state index is 13.5. The van der Waals surface area contributed by atoms with Crippen molar-refractivity contribution in [2.24, 2.45) is 5.92 Å². The lowest BCUT2D eigenvalue weighted by molar-refractivity contribution is -0.112. The Bertz CT molecular complexity index is 1250. The molecule has 1 saturated carbocycles. The first-order chi connectivity index (χ1) is 16.4. The van der Waals surface area contributed by atoms with Crippen molar-refractivity contribution in [2.75, 3.05) is 13.6 Å². The van der Waals surface area contributed by atoms with Gasteiger partial charge in [0.05, 0.1) is 11.7 Å². The van der Waals surface area contributed by atoms with Crippen LogP contribution >= 0.6 is 11.3 Å². The molecule has 2 aromatic heterocycles. The molecular formula is C24H26FN5O3S. The van der Waals surface area contributed by atoms with E-state index >= 15 is 0 Å². The largest absolute Gasteiger partial charge is 0.351 e. The van der Waals surface area contributed by atoms with Crippen LogP contribution in [-0.4, -0.2) is 58.6 Å². The van der Waals surface area contributed by atoms with Gasteiger partial charge in [-0.25, -0.2) is 9.37 Å². The number of hydrogen-bond donors (Lipinski definition) is 3. The Labute approximate surface area is 199 Å². The first-order valence-electron chi connectivity index (χ1n) is 11.4. The number of aromatic nitrogens is 2. The Morgan fingerprint density at radius 3 is 2.85 bits per heavy atom. The van der Waals surface area contributed by atoms with E-state index in [1.807, 2.05) is 7.05 Å². The minimum atomic E-state index is -0.397. The van der Waals surface area contributed by atoms with E-state index in [1.165, 1.54) is 23.5 Å². The molecule has 8 nitrogen and oxygen atoms in total. The molecule has 2 amide bonds. The summed E-state index contributed by atoms with van der Waals surface area (Å²) in [6.45, 7) is 1.69. The summed E-state index contributed by atoms with van der Waals surface area (Å²) in [7, 11) is 2.04. The summed E-state index contributed by atoms with van der Waals surface area (Å²) in [4.78, 5) is 48.3. The number of carbonyl (C=O) groups excluding carboxylic acids is 3. The van der Waals surface area contributed by atoms with Gasteiger partial charge in [0.25, 0.3) is 11.8 Å². The van der Waals surface area contributed by atoms with Crippen LogP contribution in [0.5, 0.6) is 0 Å². The summed E-state index contributed by atoms with van der Waals surface area (Å²) in [5.74, 6) is -1.16. The maximum atomic E-state index is 13.5. The molecule has 2 aliphatic rings. The third-order valence-electron chi connectivity index (χ3n) is 6.66. The summed E-state index contributed by atoms with van der Waals surface area (Å²) in [5, 5.41) is 7.04. The summed E-state index contributed by atoms with van der Waals surface area (Å²) < 4.78 is 13.5. The number of amides is 2. The molecule has 0 unspecified atom stereocenters. The molecule has 178 valence electrons. The van der Waals surface area contributed by atoms with E-state index in [0.717, 1.165) is 36.4 Å². The molecule has 5 rings (SSSR count). The molecule has 0 spiro atoms. The van der Waals surface area contributed by atoms with Crippen molar-refractivity contribution < 1.29 is 18.8 Å². The lowest BCUT2D eigenvalue weighted by Gasteiger charge is -2.35. The number of hydrogen-bond acceptors (Lipinski definition) is 6. The van der Waals surface area contributed by atoms with E-state index in [2.05, 4.69) is 25.5 Å². The first-order valence-corrected chi connectivity index (χ1v) is 12.2. The van der Waals surface area contributed by atoms with Crippen molar-refractivity contribution in [1.29, 1.82) is 0 Å². The molecule has 1 aliphatic heterocycles. The quantitative estimate of drug-likeness (QED) is 0.484. The lowest BCUT2D eigenvalue weighted by atomic mass is 9.83. The van der Waals surface area contributed by atoms with Gasteiger partial charge in [-0.1, -0.05) is 0 Å². The minimum absolute atomic E-state index is 0.173. The summed E-state index contributed by atoms with van der Waals surface area (Å²) >= 11 is 1.40. The van der Waals surface area contributed by atoms with E-state index < -0.39 is 6.04 Å². The van der Waals surface area contributed by atoms with Crippen LogP contribution in [0, 0.1) is 11.7 Å². The van der Waals surface area contributed by atoms with E-state index in [-0.39, 0.29) is 29.6 Å². The fourth-order valence-electron chi connectivity index (χ4n) is 4.78. The third-order valence-corrected chi connectivity index (χ3v) is 7.74. The number of thiazole rings is 1. The van der Waals surface area contributed by atoms with Gasteiger partial charge in [0.2, 0.25) is 0 Å². The van der Waals surface area contributed by atoms with Crippen LogP contribution in [0.3, 0.4) is 0 Å². The normalized spacial score (nSPS) is 22.8. The molecular weight excluding hydrogens is 457 g/mol. The van der Waals surface area contributed by atoms with Crippen molar-refractivity contribution in [3.8, 4) is 0 Å². The highest BCUT2D eigenvalue weighted by molar-refractivity contribution is 7.13. The standard InChI is InChI=1S/C24H26FN5O3S/c1-30-7-6-18-21(11-30)34-24(29-18)23(33)28-19-8-13(12-31)2-4-17(19)27-22(32)20-10-14-9-15(25)3-5-16(14)26-20/h3,5,9-10,12-13,17,19,26H,2,4,6-8,11H2,1H3,(H,27,32)(H,28,33)/t13-,17+,19-/m1/s1. The first kappa shape index (κ1) is 22.7. The Kier molecular flexibility index (Phi) is 6.18. The van der Waals surface area contributed by atoms with Gasteiger partial charge < -0.3 is 25.3 Å². The molecule has 3 heterocycles. The van der Waals surface area contributed by atoms with Crippen LogP contribution < -0.4 is 10.6 Å². The highest BCUT2D eigenvalue weighted by Crippen LogP contribution is 2.27. The van der Waals surface area contributed by atoms with Crippen LogP contribution in [-0.2, 0) is 17.8 Å². The van der Waals surface area contributed by atoms with Crippen LogP contribution in [0.25, 0.3) is 10.9 Å². The fourth-order valence-corrected chi connectivity index (χ4v) is 5.87. The van der Waals surface area contributed by atoms with E-state index in [1.54, 1.807) is 12.1 Å². The number of benzene rings is 1.